The molecule has 0 saturated carbocycles. The fourth-order valence-corrected chi connectivity index (χ4v) is 3.16. The molecule has 2 aliphatic heterocycles. The highest BCUT2D eigenvalue weighted by Gasteiger charge is 2.39. The highest BCUT2D eigenvalue weighted by molar-refractivity contribution is 5.69. The zero-order valence-corrected chi connectivity index (χ0v) is 14.2. The lowest BCUT2D eigenvalue weighted by atomic mass is 9.88. The van der Waals surface area contributed by atoms with E-state index in [-0.39, 0.29) is 17.6 Å². The van der Waals surface area contributed by atoms with Crippen molar-refractivity contribution in [3.8, 4) is 0 Å². The number of carbonyl (C=O) groups is 1. The molecule has 2 heterocycles. The molecule has 2 saturated heterocycles. The van der Waals surface area contributed by atoms with Gasteiger partial charge in [-0.3, -0.25) is 14.6 Å². The van der Waals surface area contributed by atoms with Crippen LogP contribution in [0.4, 0.5) is 0 Å². The number of rotatable bonds is 6. The zero-order valence-electron chi connectivity index (χ0n) is 14.2. The number of nitrogens with zero attached hydrogens (tertiary/aromatic N) is 2. The van der Waals surface area contributed by atoms with Gasteiger partial charge in [-0.15, -0.1) is 0 Å². The number of ether oxygens (including phenoxy) is 3. The summed E-state index contributed by atoms with van der Waals surface area (Å²) in [4.78, 5) is 16.5. The lowest BCUT2D eigenvalue weighted by Gasteiger charge is -2.45. The van der Waals surface area contributed by atoms with Crippen LogP contribution in [0, 0.1) is 5.41 Å². The third kappa shape index (κ3) is 4.91. The summed E-state index contributed by atoms with van der Waals surface area (Å²) in [7, 11) is 0. The van der Waals surface area contributed by atoms with E-state index in [9.17, 15) is 4.79 Å². The minimum absolute atomic E-state index is 0.133. The Bertz CT molecular complexity index is 350. The van der Waals surface area contributed by atoms with Crippen LogP contribution in [0.1, 0.15) is 27.2 Å². The van der Waals surface area contributed by atoms with Crippen molar-refractivity contribution in [2.45, 2.75) is 33.4 Å². The van der Waals surface area contributed by atoms with Crippen LogP contribution in [-0.4, -0.2) is 81.1 Å². The summed E-state index contributed by atoms with van der Waals surface area (Å²) in [5.74, 6) is -0.133. The molecule has 0 aromatic carbocycles. The van der Waals surface area contributed by atoms with Crippen molar-refractivity contribution in [3.63, 3.8) is 0 Å². The summed E-state index contributed by atoms with van der Waals surface area (Å²) in [6.45, 7) is 13.6. The van der Waals surface area contributed by atoms with Gasteiger partial charge in [-0.05, 0) is 0 Å². The average Bonchev–Trinajstić information content (AvgIpc) is 2.53. The molecule has 1 atom stereocenters. The van der Waals surface area contributed by atoms with Crippen molar-refractivity contribution in [2.24, 2.45) is 5.41 Å². The smallest absolute Gasteiger partial charge is 0.307 e. The number of hydrogen-bond acceptors (Lipinski definition) is 6. The first kappa shape index (κ1) is 17.7. The van der Waals surface area contributed by atoms with E-state index in [1.165, 1.54) is 0 Å². The van der Waals surface area contributed by atoms with Gasteiger partial charge in [0.15, 0.2) is 6.23 Å². The molecule has 2 fully saturated rings. The Morgan fingerprint density at radius 1 is 1.09 bits per heavy atom. The van der Waals surface area contributed by atoms with Gasteiger partial charge in [0, 0.05) is 44.6 Å². The van der Waals surface area contributed by atoms with Gasteiger partial charge in [0.05, 0.1) is 26.4 Å². The normalized spacial score (nSPS) is 23.2. The Balaban J connectivity index is 2.04. The topological polar surface area (TPSA) is 51.2 Å². The highest BCUT2D eigenvalue weighted by atomic mass is 16.6. The van der Waals surface area contributed by atoms with Crippen LogP contribution in [0.3, 0.4) is 0 Å². The molecule has 1 unspecified atom stereocenters. The van der Waals surface area contributed by atoms with Gasteiger partial charge in [0.1, 0.15) is 0 Å². The van der Waals surface area contributed by atoms with Crippen LogP contribution >= 0.6 is 0 Å². The van der Waals surface area contributed by atoms with Crippen LogP contribution in [0.15, 0.2) is 0 Å². The third-order valence-corrected chi connectivity index (χ3v) is 4.31. The minimum Gasteiger partial charge on any atom is -0.446 e. The summed E-state index contributed by atoms with van der Waals surface area (Å²) >= 11 is 0. The Kier molecular flexibility index (Phi) is 6.62. The van der Waals surface area contributed by atoms with E-state index in [0.29, 0.717) is 19.6 Å². The standard InChI is InChI=1S/C16H30N2O4/c1-4-14(19)22-15(18-7-11-21-12-8-18)16(2,3)13-17-5-9-20-10-6-17/h15H,4-13H2,1-3H3. The fourth-order valence-electron chi connectivity index (χ4n) is 3.16. The van der Waals surface area contributed by atoms with Crippen molar-refractivity contribution in [1.29, 1.82) is 0 Å². The minimum atomic E-state index is -0.202. The molecule has 2 rings (SSSR count). The van der Waals surface area contributed by atoms with Gasteiger partial charge in [0.25, 0.3) is 0 Å². The summed E-state index contributed by atoms with van der Waals surface area (Å²) in [6, 6.07) is 0. The highest BCUT2D eigenvalue weighted by Crippen LogP contribution is 2.29. The number of carbonyl (C=O) groups excluding carboxylic acids is 1. The summed E-state index contributed by atoms with van der Waals surface area (Å²) < 4.78 is 16.7. The maximum atomic E-state index is 11.9. The lowest BCUT2D eigenvalue weighted by Crippen LogP contribution is -2.56. The second kappa shape index (κ2) is 8.24. The van der Waals surface area contributed by atoms with Crippen LogP contribution in [-0.2, 0) is 19.0 Å². The molecule has 128 valence electrons. The first-order valence-corrected chi connectivity index (χ1v) is 8.34. The zero-order chi connectivity index (χ0) is 16.0. The maximum Gasteiger partial charge on any atom is 0.307 e. The Hall–Kier alpha value is -0.690. The number of morpholine rings is 2. The maximum absolute atomic E-state index is 11.9. The summed E-state index contributed by atoms with van der Waals surface area (Å²) in [5, 5.41) is 0. The molecule has 0 spiro atoms. The van der Waals surface area contributed by atoms with Gasteiger partial charge in [0.2, 0.25) is 0 Å². The van der Waals surface area contributed by atoms with Crippen molar-refractivity contribution < 1.29 is 19.0 Å². The third-order valence-electron chi connectivity index (χ3n) is 4.31. The van der Waals surface area contributed by atoms with Crippen molar-refractivity contribution in [3.05, 3.63) is 0 Å². The largest absolute Gasteiger partial charge is 0.446 e. The Morgan fingerprint density at radius 3 is 2.18 bits per heavy atom. The van der Waals surface area contributed by atoms with Crippen LogP contribution < -0.4 is 0 Å². The molecule has 6 heteroatoms. The molecular formula is C16H30N2O4. The SMILES string of the molecule is CCC(=O)OC(N1CCOCC1)C(C)(C)CN1CCOCC1. The average molecular weight is 314 g/mol. The molecule has 0 aliphatic carbocycles. The van der Waals surface area contributed by atoms with E-state index in [0.717, 1.165) is 45.9 Å². The van der Waals surface area contributed by atoms with Crippen LogP contribution in [0.5, 0.6) is 0 Å². The van der Waals surface area contributed by atoms with E-state index in [1.807, 2.05) is 6.92 Å². The number of hydrogen-bond donors (Lipinski definition) is 0. The predicted octanol–water partition coefficient (Wildman–Crippen LogP) is 0.956. The molecule has 0 N–H and O–H groups in total. The molecular weight excluding hydrogens is 284 g/mol. The Morgan fingerprint density at radius 2 is 1.64 bits per heavy atom. The van der Waals surface area contributed by atoms with Crippen molar-refractivity contribution in [2.75, 3.05) is 59.2 Å². The van der Waals surface area contributed by atoms with Gasteiger partial charge in [-0.2, -0.15) is 0 Å². The lowest BCUT2D eigenvalue weighted by molar-refractivity contribution is -0.182. The van der Waals surface area contributed by atoms with Crippen LogP contribution in [0.2, 0.25) is 0 Å². The Labute approximate surface area is 133 Å². The van der Waals surface area contributed by atoms with E-state index >= 15 is 0 Å². The first-order chi connectivity index (χ1) is 10.5. The van der Waals surface area contributed by atoms with Crippen molar-refractivity contribution in [1.82, 2.24) is 9.80 Å². The van der Waals surface area contributed by atoms with E-state index in [1.54, 1.807) is 0 Å². The molecule has 6 nitrogen and oxygen atoms in total. The second-order valence-corrected chi connectivity index (χ2v) is 6.72. The van der Waals surface area contributed by atoms with Crippen molar-refractivity contribution >= 4 is 5.97 Å². The summed E-state index contributed by atoms with van der Waals surface area (Å²) in [5.41, 5.74) is -0.139. The quantitative estimate of drug-likeness (QED) is 0.681. The molecule has 0 aromatic heterocycles. The summed E-state index contributed by atoms with van der Waals surface area (Å²) in [6.07, 6.45) is 0.209. The van der Waals surface area contributed by atoms with Crippen LogP contribution in [0.25, 0.3) is 0 Å². The molecule has 0 bridgehead atoms. The van der Waals surface area contributed by atoms with E-state index < -0.39 is 0 Å². The van der Waals surface area contributed by atoms with Gasteiger partial charge < -0.3 is 14.2 Å². The van der Waals surface area contributed by atoms with Gasteiger partial charge in [-0.25, -0.2) is 0 Å². The van der Waals surface area contributed by atoms with E-state index in [4.69, 9.17) is 14.2 Å². The number of esters is 1. The van der Waals surface area contributed by atoms with Gasteiger partial charge >= 0.3 is 5.97 Å². The first-order valence-electron chi connectivity index (χ1n) is 8.34. The second-order valence-electron chi connectivity index (χ2n) is 6.72. The monoisotopic (exact) mass is 314 g/mol. The predicted molar refractivity (Wildman–Crippen MR) is 83.6 cm³/mol. The molecule has 22 heavy (non-hydrogen) atoms. The van der Waals surface area contributed by atoms with Gasteiger partial charge in [-0.1, -0.05) is 20.8 Å². The fraction of sp³-hybridized carbons (Fsp3) is 0.938. The molecule has 0 aromatic rings. The molecule has 2 aliphatic rings. The molecule has 0 amide bonds. The van der Waals surface area contributed by atoms with E-state index in [2.05, 4.69) is 23.6 Å². The molecule has 0 radical (unpaired) electrons.